The predicted molar refractivity (Wildman–Crippen MR) is 179 cm³/mol. The molecule has 5 rings (SSSR count). The lowest BCUT2D eigenvalue weighted by atomic mass is 9.93. The molecule has 0 saturated carbocycles. The molecule has 53 heavy (non-hydrogen) atoms. The molecule has 0 spiro atoms. The van der Waals surface area contributed by atoms with Crippen LogP contribution < -0.4 is 5.73 Å². The Labute approximate surface area is 304 Å². The van der Waals surface area contributed by atoms with Crippen LogP contribution in [-0.2, 0) is 44.4 Å². The fraction of sp³-hybridized carbons (Fsp3) is 0.364. The van der Waals surface area contributed by atoms with Crippen LogP contribution in [0.3, 0.4) is 0 Å². The average molecular weight is 759 g/mol. The number of halogens is 2. The van der Waals surface area contributed by atoms with Crippen LogP contribution >= 0.6 is 11.6 Å². The number of nitrogen functional groups attached to an aromatic ring is 1. The van der Waals surface area contributed by atoms with Gasteiger partial charge in [0, 0.05) is 18.6 Å². The zero-order valence-electron chi connectivity index (χ0n) is 28.3. The summed E-state index contributed by atoms with van der Waals surface area (Å²) in [6.07, 6.45) is -6.43. The number of rotatable bonds is 14. The zero-order valence-corrected chi connectivity index (χ0v) is 29.1. The van der Waals surface area contributed by atoms with E-state index in [1.54, 1.807) is 0 Å². The van der Waals surface area contributed by atoms with Gasteiger partial charge in [0.05, 0.1) is 49.3 Å². The van der Waals surface area contributed by atoms with E-state index in [-0.39, 0.29) is 52.3 Å². The number of methoxy groups -OCH3 is 1. The number of ether oxygens (including phenoxy) is 6. The molecule has 18 nitrogen and oxygen atoms in total. The van der Waals surface area contributed by atoms with E-state index in [2.05, 4.69) is 15.0 Å². The maximum atomic E-state index is 16.6. The van der Waals surface area contributed by atoms with Gasteiger partial charge in [-0.3, -0.25) is 14.7 Å². The number of fused-ring (bicyclic) bond motifs is 1. The number of carbonyl (C=O) groups is 4. The van der Waals surface area contributed by atoms with Crippen molar-refractivity contribution in [2.45, 2.75) is 50.5 Å². The number of hydrogen-bond donors (Lipinski definition) is 1. The third kappa shape index (κ3) is 8.01. The van der Waals surface area contributed by atoms with Crippen molar-refractivity contribution in [1.29, 1.82) is 0 Å². The van der Waals surface area contributed by atoms with Crippen molar-refractivity contribution in [3.8, 4) is 0 Å². The zero-order chi connectivity index (χ0) is 38.4. The number of nitro benzene ring substituents is 1. The molecule has 20 heteroatoms. The quantitative estimate of drug-likeness (QED) is 0.0485. The van der Waals surface area contributed by atoms with Gasteiger partial charge in [-0.15, -0.1) is 0 Å². The van der Waals surface area contributed by atoms with Gasteiger partial charge in [0.1, 0.15) is 11.6 Å². The molecule has 1 saturated heterocycles. The molecule has 280 valence electrons. The molecule has 0 aliphatic carbocycles. The summed E-state index contributed by atoms with van der Waals surface area (Å²) in [5.74, 6) is -4.12. The molecule has 2 N–H and O–H groups in total. The first-order valence-electron chi connectivity index (χ1n) is 15.9. The van der Waals surface area contributed by atoms with Crippen LogP contribution in [0.5, 0.6) is 0 Å². The van der Waals surface area contributed by atoms with Gasteiger partial charge in [-0.25, -0.2) is 28.6 Å². The number of carbonyl (C=O) groups excluding carboxylic acids is 4. The Kier molecular flexibility index (Phi) is 11.8. The fourth-order valence-electron chi connectivity index (χ4n) is 5.48. The molecule has 0 radical (unpaired) electrons. The van der Waals surface area contributed by atoms with E-state index in [4.69, 9.17) is 45.8 Å². The molecule has 3 heterocycles. The van der Waals surface area contributed by atoms with Gasteiger partial charge in [-0.1, -0.05) is 12.1 Å². The highest BCUT2D eigenvalue weighted by molar-refractivity contribution is 6.28. The highest BCUT2D eigenvalue weighted by Crippen LogP contribution is 2.38. The number of esters is 4. The molecule has 1 aliphatic rings. The van der Waals surface area contributed by atoms with E-state index in [1.165, 1.54) is 45.2 Å². The maximum absolute atomic E-state index is 16.6. The Balaban J connectivity index is 1.52. The van der Waals surface area contributed by atoms with Crippen LogP contribution in [0.15, 0.2) is 54.9 Å². The smallest absolute Gasteiger partial charge is 0.350 e. The number of benzene rings is 2. The van der Waals surface area contributed by atoms with E-state index >= 15 is 4.39 Å². The molecule has 4 atom stereocenters. The second-order valence-corrected chi connectivity index (χ2v) is 11.7. The lowest BCUT2D eigenvalue weighted by Crippen LogP contribution is -2.54. The van der Waals surface area contributed by atoms with Gasteiger partial charge >= 0.3 is 23.9 Å². The predicted octanol–water partition coefficient (Wildman–Crippen LogP) is 3.34. The van der Waals surface area contributed by atoms with E-state index in [9.17, 15) is 29.3 Å². The lowest BCUT2D eigenvalue weighted by molar-refractivity contribution is -0.384. The molecular formula is C33H32ClFN6O12. The Hall–Kier alpha value is -5.79. The van der Waals surface area contributed by atoms with Gasteiger partial charge in [0.25, 0.3) is 11.3 Å². The number of aromatic nitrogens is 4. The molecular weight excluding hydrogens is 727 g/mol. The summed E-state index contributed by atoms with van der Waals surface area (Å²) in [6, 6.07) is 10.1. The Morgan fingerprint density at radius 3 is 2.19 bits per heavy atom. The normalized spacial score (nSPS) is 18.4. The molecule has 0 unspecified atom stereocenters. The van der Waals surface area contributed by atoms with Crippen molar-refractivity contribution in [3.63, 3.8) is 0 Å². The maximum Gasteiger partial charge on any atom is 0.350 e. The van der Waals surface area contributed by atoms with Crippen molar-refractivity contribution in [1.82, 2.24) is 19.5 Å². The highest BCUT2D eigenvalue weighted by atomic mass is 35.5. The van der Waals surface area contributed by atoms with Crippen LogP contribution in [0.4, 0.5) is 15.9 Å². The van der Waals surface area contributed by atoms with Crippen LogP contribution in [0.2, 0.25) is 5.28 Å². The molecule has 0 amide bonds. The second kappa shape index (κ2) is 16.3. The van der Waals surface area contributed by atoms with Crippen LogP contribution in [-0.4, -0.2) is 99.2 Å². The number of anilines is 1. The van der Waals surface area contributed by atoms with Crippen molar-refractivity contribution in [3.05, 3.63) is 86.9 Å². The molecule has 4 aromatic rings. The summed E-state index contributed by atoms with van der Waals surface area (Å²) in [5, 5.41) is 10.8. The summed E-state index contributed by atoms with van der Waals surface area (Å²) < 4.78 is 50.6. The van der Waals surface area contributed by atoms with Crippen molar-refractivity contribution < 1.29 is 56.9 Å². The molecule has 2 aromatic carbocycles. The summed E-state index contributed by atoms with van der Waals surface area (Å²) >= 11 is 6.01. The molecule has 1 fully saturated rings. The molecule has 0 bridgehead atoms. The third-order valence-corrected chi connectivity index (χ3v) is 8.22. The lowest BCUT2D eigenvalue weighted by Gasteiger charge is -2.31. The Morgan fingerprint density at radius 2 is 1.60 bits per heavy atom. The highest BCUT2D eigenvalue weighted by Gasteiger charge is 2.54. The first-order chi connectivity index (χ1) is 25.3. The van der Waals surface area contributed by atoms with Gasteiger partial charge in [-0.05, 0) is 55.3 Å². The third-order valence-electron chi connectivity index (χ3n) is 8.05. The SMILES string of the molecule is CCOC(=O)C(Cc1ccc(C(=O)OC)cc1)(OC[C@H]1O[C@@H](n2cnc3c(N)nc(Cl)nc32)[C@@H](F)[C@H]1OC(=O)c1ccc([N+](=O)[O-])cc1)C(=O)OCC. The number of alkyl halides is 1. The van der Waals surface area contributed by atoms with Crippen molar-refractivity contribution in [2.75, 3.05) is 32.7 Å². The minimum atomic E-state index is -2.50. The van der Waals surface area contributed by atoms with Crippen molar-refractivity contribution in [2.24, 2.45) is 0 Å². The van der Waals surface area contributed by atoms with Gasteiger partial charge in [0.2, 0.25) is 5.28 Å². The minimum Gasteiger partial charge on any atom is -0.465 e. The largest absolute Gasteiger partial charge is 0.465 e. The first-order valence-corrected chi connectivity index (χ1v) is 16.3. The number of imidazole rings is 1. The van der Waals surface area contributed by atoms with E-state index in [0.29, 0.717) is 5.56 Å². The van der Waals surface area contributed by atoms with E-state index in [1.807, 2.05) is 0 Å². The monoisotopic (exact) mass is 758 g/mol. The van der Waals surface area contributed by atoms with Crippen LogP contribution in [0.25, 0.3) is 11.2 Å². The number of hydrogen-bond acceptors (Lipinski definition) is 16. The van der Waals surface area contributed by atoms with E-state index < -0.39 is 72.0 Å². The van der Waals surface area contributed by atoms with Gasteiger partial charge in [-0.2, -0.15) is 9.97 Å². The van der Waals surface area contributed by atoms with Gasteiger partial charge in [0.15, 0.2) is 30.0 Å². The first kappa shape index (κ1) is 38.4. The summed E-state index contributed by atoms with van der Waals surface area (Å²) in [4.78, 5) is 75.1. The van der Waals surface area contributed by atoms with Crippen LogP contribution in [0.1, 0.15) is 46.4 Å². The Morgan fingerprint density at radius 1 is 1.00 bits per heavy atom. The summed E-state index contributed by atoms with van der Waals surface area (Å²) in [6.45, 7) is 1.90. The standard InChI is InChI=1S/C33H32ClFN6O12/c1-4-49-30(44)33(31(45)50-5-2,14-17-6-8-18(9-7-17)28(42)48-3)51-15-21-24(53-29(43)19-10-12-20(13-11-19)41(46)47)22(35)27(52-21)40-16-37-23-25(36)38-32(34)39-26(23)40/h6-13,16,21-22,24,27H,4-5,14-15H2,1-3H3,(H2,36,38,39)/t21-,22+,24+,27-/m1/s1. The second-order valence-electron chi connectivity index (χ2n) is 11.3. The number of non-ortho nitro benzene ring substituents is 1. The minimum absolute atomic E-state index is 0.0278. The van der Waals surface area contributed by atoms with Crippen LogP contribution in [0, 0.1) is 10.1 Å². The molecule has 2 aromatic heterocycles. The summed E-state index contributed by atoms with van der Waals surface area (Å²) in [5.41, 5.74) is 3.51. The van der Waals surface area contributed by atoms with Gasteiger partial charge < -0.3 is 34.2 Å². The Bertz CT molecular complexity index is 1990. The number of nitro groups is 1. The number of nitrogens with two attached hydrogens (primary N) is 1. The van der Waals surface area contributed by atoms with Crippen molar-refractivity contribution >= 4 is 58.1 Å². The molecule has 1 aliphatic heterocycles. The van der Waals surface area contributed by atoms with E-state index in [0.717, 1.165) is 35.2 Å². The number of nitrogens with zero attached hydrogens (tertiary/aromatic N) is 5. The average Bonchev–Trinajstić information content (AvgIpc) is 3.70. The topological polar surface area (TPSA) is 236 Å². The summed E-state index contributed by atoms with van der Waals surface area (Å²) in [7, 11) is 1.21. The fourth-order valence-corrected chi connectivity index (χ4v) is 5.65.